The summed E-state index contributed by atoms with van der Waals surface area (Å²) in [5.41, 5.74) is 0.0796. The van der Waals surface area contributed by atoms with Crippen LogP contribution in [0, 0.1) is 10.1 Å². The van der Waals surface area contributed by atoms with E-state index in [1.807, 2.05) is 0 Å². The number of nitrogens with zero attached hydrogens (tertiary/aromatic N) is 2. The van der Waals surface area contributed by atoms with Crippen molar-refractivity contribution in [2.45, 2.75) is 20.0 Å². The predicted molar refractivity (Wildman–Crippen MR) is 68.0 cm³/mol. The maximum atomic E-state index is 12.0. The summed E-state index contributed by atoms with van der Waals surface area (Å²) in [4.78, 5) is 27.0. The van der Waals surface area contributed by atoms with Crippen molar-refractivity contribution in [1.82, 2.24) is 5.06 Å². The van der Waals surface area contributed by atoms with E-state index < -0.39 is 10.8 Å². The summed E-state index contributed by atoms with van der Waals surface area (Å²) in [5, 5.41) is 11.8. The minimum Gasteiger partial charge on any atom is -0.490 e. The molecule has 1 amide bonds. The highest BCUT2D eigenvalue weighted by molar-refractivity contribution is 5.96. The number of hydroxylamine groups is 2. The van der Waals surface area contributed by atoms with Gasteiger partial charge in [0.15, 0.2) is 0 Å². The topological polar surface area (TPSA) is 81.9 Å². The number of ether oxygens (including phenoxy) is 1. The monoisotopic (exact) mass is 268 g/mol. The molecule has 0 atom stereocenters. The molecule has 0 aliphatic rings. The Kier molecular flexibility index (Phi) is 4.82. The highest BCUT2D eigenvalue weighted by Gasteiger charge is 2.20. The maximum Gasteiger partial charge on any atom is 0.280 e. The first kappa shape index (κ1) is 14.9. The number of nitro groups is 1. The molecule has 7 nitrogen and oxygen atoms in total. The van der Waals surface area contributed by atoms with Gasteiger partial charge in [0, 0.05) is 13.1 Å². The highest BCUT2D eigenvalue weighted by atomic mass is 16.7. The van der Waals surface area contributed by atoms with Crippen LogP contribution in [0.4, 0.5) is 5.69 Å². The average molecular weight is 268 g/mol. The molecular formula is C12H16N2O5. The van der Waals surface area contributed by atoms with E-state index >= 15 is 0 Å². The van der Waals surface area contributed by atoms with Gasteiger partial charge in [-0.2, -0.15) is 0 Å². The Labute approximate surface area is 110 Å². The van der Waals surface area contributed by atoms with E-state index in [9.17, 15) is 14.9 Å². The first-order valence-electron chi connectivity index (χ1n) is 5.64. The van der Waals surface area contributed by atoms with Crippen LogP contribution in [0.2, 0.25) is 0 Å². The van der Waals surface area contributed by atoms with Crippen LogP contribution in [-0.4, -0.2) is 36.2 Å². The minimum atomic E-state index is -0.540. The molecule has 19 heavy (non-hydrogen) atoms. The molecule has 0 radical (unpaired) electrons. The smallest absolute Gasteiger partial charge is 0.280 e. The second kappa shape index (κ2) is 6.14. The summed E-state index contributed by atoms with van der Waals surface area (Å²) in [6, 6.07) is 3.84. The number of carbonyl (C=O) groups excluding carboxylic acids is 1. The van der Waals surface area contributed by atoms with Gasteiger partial charge in [-0.1, -0.05) is 0 Å². The summed E-state index contributed by atoms with van der Waals surface area (Å²) in [5.74, 6) is -0.272. The Balaban J connectivity index is 3.22. The largest absolute Gasteiger partial charge is 0.490 e. The molecule has 0 saturated carbocycles. The zero-order chi connectivity index (χ0) is 14.6. The third kappa shape index (κ3) is 3.65. The van der Waals surface area contributed by atoms with Crippen molar-refractivity contribution < 1.29 is 19.3 Å². The molecule has 0 N–H and O–H groups in total. The zero-order valence-electron chi connectivity index (χ0n) is 11.2. The molecule has 0 bridgehead atoms. The van der Waals surface area contributed by atoms with E-state index in [1.165, 1.54) is 32.4 Å². The number of carbonyl (C=O) groups is 1. The molecule has 0 heterocycles. The Morgan fingerprint density at radius 1 is 1.42 bits per heavy atom. The molecular weight excluding hydrogens is 252 g/mol. The van der Waals surface area contributed by atoms with Gasteiger partial charge in [0.1, 0.15) is 5.75 Å². The second-order valence-electron chi connectivity index (χ2n) is 4.09. The Morgan fingerprint density at radius 3 is 2.53 bits per heavy atom. The Hall–Kier alpha value is -2.15. The van der Waals surface area contributed by atoms with E-state index in [2.05, 4.69) is 0 Å². The molecule has 1 aromatic carbocycles. The number of non-ortho nitro benzene ring substituents is 1. The number of hydrogen-bond acceptors (Lipinski definition) is 5. The molecule has 1 rings (SSSR count). The zero-order valence-corrected chi connectivity index (χ0v) is 11.2. The predicted octanol–water partition coefficient (Wildman–Crippen LogP) is 2.02. The van der Waals surface area contributed by atoms with E-state index in [0.29, 0.717) is 0 Å². The molecule has 0 fully saturated rings. The molecule has 0 aliphatic carbocycles. The van der Waals surface area contributed by atoms with Gasteiger partial charge >= 0.3 is 0 Å². The van der Waals surface area contributed by atoms with Crippen LogP contribution in [0.15, 0.2) is 18.2 Å². The third-order valence-corrected chi connectivity index (χ3v) is 2.33. The maximum absolute atomic E-state index is 12.0. The van der Waals surface area contributed by atoms with Crippen LogP contribution in [0.1, 0.15) is 24.2 Å². The second-order valence-corrected chi connectivity index (χ2v) is 4.09. The minimum absolute atomic E-state index is 0.132. The molecule has 0 saturated heterocycles. The SMILES string of the molecule is CON(C)C(=O)c1ccc([N+](=O)[O-])cc1OC(C)C. The van der Waals surface area contributed by atoms with Crippen LogP contribution >= 0.6 is 0 Å². The van der Waals surface area contributed by atoms with Gasteiger partial charge in [-0.25, -0.2) is 5.06 Å². The lowest BCUT2D eigenvalue weighted by Crippen LogP contribution is -2.26. The molecule has 0 unspecified atom stereocenters. The van der Waals surface area contributed by atoms with Crippen LogP contribution in [0.5, 0.6) is 5.75 Å². The summed E-state index contributed by atoms with van der Waals surface area (Å²) in [6.07, 6.45) is -0.207. The van der Waals surface area contributed by atoms with Crippen LogP contribution in [0.3, 0.4) is 0 Å². The third-order valence-electron chi connectivity index (χ3n) is 2.33. The number of amides is 1. The Bertz CT molecular complexity index is 487. The van der Waals surface area contributed by atoms with Gasteiger partial charge in [-0.3, -0.25) is 19.7 Å². The van der Waals surface area contributed by atoms with Crippen molar-refractivity contribution >= 4 is 11.6 Å². The average Bonchev–Trinajstić information content (AvgIpc) is 2.36. The lowest BCUT2D eigenvalue weighted by Gasteiger charge is -2.17. The highest BCUT2D eigenvalue weighted by Crippen LogP contribution is 2.26. The van der Waals surface area contributed by atoms with E-state index in [-0.39, 0.29) is 23.1 Å². The van der Waals surface area contributed by atoms with Gasteiger partial charge in [-0.05, 0) is 19.9 Å². The quantitative estimate of drug-likeness (QED) is 0.602. The van der Waals surface area contributed by atoms with Crippen molar-refractivity contribution in [3.05, 3.63) is 33.9 Å². The van der Waals surface area contributed by atoms with E-state index in [4.69, 9.17) is 9.57 Å². The summed E-state index contributed by atoms with van der Waals surface area (Å²) >= 11 is 0. The van der Waals surface area contributed by atoms with Gasteiger partial charge in [0.25, 0.3) is 11.6 Å². The van der Waals surface area contributed by atoms with Crippen LogP contribution in [0.25, 0.3) is 0 Å². The van der Waals surface area contributed by atoms with Crippen molar-refractivity contribution in [3.8, 4) is 5.75 Å². The normalized spacial score (nSPS) is 10.4. The molecule has 7 heteroatoms. The molecule has 0 spiro atoms. The number of hydrogen-bond donors (Lipinski definition) is 0. The summed E-state index contributed by atoms with van der Waals surface area (Å²) in [7, 11) is 2.80. The number of benzene rings is 1. The van der Waals surface area contributed by atoms with Gasteiger partial charge < -0.3 is 4.74 Å². The Morgan fingerprint density at radius 2 is 2.05 bits per heavy atom. The van der Waals surface area contributed by atoms with Gasteiger partial charge in [0.05, 0.1) is 29.8 Å². The van der Waals surface area contributed by atoms with Crippen LogP contribution < -0.4 is 4.74 Å². The molecule has 0 aromatic heterocycles. The molecule has 1 aromatic rings. The summed E-state index contributed by atoms with van der Waals surface area (Å²) in [6.45, 7) is 3.54. The first-order chi connectivity index (χ1) is 8.86. The van der Waals surface area contributed by atoms with E-state index in [0.717, 1.165) is 5.06 Å². The van der Waals surface area contributed by atoms with Crippen molar-refractivity contribution in [2.24, 2.45) is 0 Å². The first-order valence-corrected chi connectivity index (χ1v) is 5.64. The van der Waals surface area contributed by atoms with Crippen molar-refractivity contribution in [2.75, 3.05) is 14.2 Å². The van der Waals surface area contributed by atoms with Crippen LogP contribution in [-0.2, 0) is 4.84 Å². The summed E-state index contributed by atoms with van der Waals surface area (Å²) < 4.78 is 5.44. The van der Waals surface area contributed by atoms with Gasteiger partial charge in [0.2, 0.25) is 0 Å². The fourth-order valence-electron chi connectivity index (χ4n) is 1.41. The molecule has 104 valence electrons. The fraction of sp³-hybridized carbons (Fsp3) is 0.417. The van der Waals surface area contributed by atoms with Crippen molar-refractivity contribution in [3.63, 3.8) is 0 Å². The fourth-order valence-corrected chi connectivity index (χ4v) is 1.41. The molecule has 0 aliphatic heterocycles. The van der Waals surface area contributed by atoms with Gasteiger partial charge in [-0.15, -0.1) is 0 Å². The van der Waals surface area contributed by atoms with Crippen molar-refractivity contribution in [1.29, 1.82) is 0 Å². The van der Waals surface area contributed by atoms with E-state index in [1.54, 1.807) is 13.8 Å². The number of rotatable bonds is 5. The lowest BCUT2D eigenvalue weighted by atomic mass is 10.1. The lowest BCUT2D eigenvalue weighted by molar-refractivity contribution is -0.384. The standard InChI is InChI=1S/C12H16N2O5/c1-8(2)19-11-7-9(14(16)17)5-6-10(11)12(15)13(3)18-4/h5-8H,1-4H3. The number of nitro benzene ring substituents is 1.